The molecule has 1 rings (SSSR count). The zero-order valence-electron chi connectivity index (χ0n) is 16.2. The summed E-state index contributed by atoms with van der Waals surface area (Å²) in [5, 5.41) is 2.99. The predicted molar refractivity (Wildman–Crippen MR) is 97.1 cm³/mol. The van der Waals surface area contributed by atoms with Crippen LogP contribution in [0.4, 0.5) is 0 Å². The lowest BCUT2D eigenvalue weighted by Gasteiger charge is -2.34. The molecule has 7 heteroatoms. The van der Waals surface area contributed by atoms with Crippen LogP contribution in [0.15, 0.2) is 0 Å². The second-order valence-corrected chi connectivity index (χ2v) is 7.72. The molecule has 146 valence electrons. The molecule has 0 radical (unpaired) electrons. The quantitative estimate of drug-likeness (QED) is 0.563. The van der Waals surface area contributed by atoms with Gasteiger partial charge in [-0.3, -0.25) is 9.59 Å². The van der Waals surface area contributed by atoms with Gasteiger partial charge in [-0.05, 0) is 37.6 Å². The third kappa shape index (κ3) is 8.16. The molecule has 0 spiro atoms. The van der Waals surface area contributed by atoms with Crippen LogP contribution in [0.5, 0.6) is 0 Å². The normalized spacial score (nSPS) is 21.0. The number of nitrogens with two attached hydrogens (primary N) is 1. The highest BCUT2D eigenvalue weighted by molar-refractivity contribution is 5.79. The number of amides is 2. The number of nitrogens with zero attached hydrogens (tertiary/aromatic N) is 1. The van der Waals surface area contributed by atoms with E-state index < -0.39 is 0 Å². The maximum absolute atomic E-state index is 12.6. The first kappa shape index (κ1) is 21.9. The lowest BCUT2D eigenvalue weighted by molar-refractivity contribution is -0.136. The minimum atomic E-state index is -0.104. The van der Waals surface area contributed by atoms with E-state index in [0.717, 1.165) is 25.7 Å². The molecule has 7 nitrogen and oxygen atoms in total. The van der Waals surface area contributed by atoms with Crippen molar-refractivity contribution in [2.75, 3.05) is 47.1 Å². The van der Waals surface area contributed by atoms with Gasteiger partial charge in [-0.15, -0.1) is 0 Å². The Morgan fingerprint density at radius 1 is 1.20 bits per heavy atom. The minimum Gasteiger partial charge on any atom is -0.382 e. The Balaban J connectivity index is 2.30. The number of rotatable bonds is 10. The average Bonchev–Trinajstić information content (AvgIpc) is 2.58. The molecule has 0 heterocycles. The van der Waals surface area contributed by atoms with Crippen LogP contribution in [0.25, 0.3) is 0 Å². The molecule has 0 aromatic carbocycles. The molecule has 0 aromatic rings. The van der Waals surface area contributed by atoms with Crippen molar-refractivity contribution in [3.8, 4) is 0 Å². The van der Waals surface area contributed by atoms with Crippen LogP contribution in [0.3, 0.4) is 0 Å². The van der Waals surface area contributed by atoms with Crippen LogP contribution in [0.1, 0.15) is 39.5 Å². The molecule has 0 aliphatic heterocycles. The Labute approximate surface area is 151 Å². The Bertz CT molecular complexity index is 421. The summed E-state index contributed by atoms with van der Waals surface area (Å²) >= 11 is 0. The number of nitrogens with one attached hydrogen (secondary N) is 1. The Kier molecular flexibility index (Phi) is 9.38. The molecule has 0 atom stereocenters. The van der Waals surface area contributed by atoms with Gasteiger partial charge < -0.3 is 25.4 Å². The van der Waals surface area contributed by atoms with Gasteiger partial charge in [0.2, 0.25) is 11.8 Å². The number of hydrogen-bond acceptors (Lipinski definition) is 5. The van der Waals surface area contributed by atoms with Crippen LogP contribution in [0, 0.1) is 11.3 Å². The molecule has 1 fully saturated rings. The number of hydrogen-bond donors (Lipinski definition) is 2. The first-order valence-electron chi connectivity index (χ1n) is 9.10. The van der Waals surface area contributed by atoms with Gasteiger partial charge >= 0.3 is 0 Å². The summed E-state index contributed by atoms with van der Waals surface area (Å²) in [7, 11) is 3.45. The highest BCUT2D eigenvalue weighted by atomic mass is 16.5. The topological polar surface area (TPSA) is 93.9 Å². The van der Waals surface area contributed by atoms with Gasteiger partial charge in [0.1, 0.15) is 6.61 Å². The lowest BCUT2D eigenvalue weighted by Crippen LogP contribution is -2.45. The molecule has 25 heavy (non-hydrogen) atoms. The summed E-state index contributed by atoms with van der Waals surface area (Å²) in [5.74, 6) is 0.131. The third-order valence-electron chi connectivity index (χ3n) is 4.70. The van der Waals surface area contributed by atoms with E-state index in [1.54, 1.807) is 12.0 Å². The minimum absolute atomic E-state index is 0.0460. The van der Waals surface area contributed by atoms with Gasteiger partial charge in [-0.1, -0.05) is 13.8 Å². The van der Waals surface area contributed by atoms with Crippen molar-refractivity contribution in [1.29, 1.82) is 0 Å². The number of carbonyl (C=O) groups is 2. The van der Waals surface area contributed by atoms with E-state index in [4.69, 9.17) is 15.2 Å². The highest BCUT2D eigenvalue weighted by Gasteiger charge is 2.30. The van der Waals surface area contributed by atoms with Gasteiger partial charge in [0.05, 0.1) is 13.2 Å². The first-order chi connectivity index (χ1) is 11.8. The molecule has 3 N–H and O–H groups in total. The van der Waals surface area contributed by atoms with Crippen molar-refractivity contribution in [1.82, 2.24) is 10.2 Å². The monoisotopic (exact) mass is 357 g/mol. The largest absolute Gasteiger partial charge is 0.382 e. The number of ether oxygens (including phenoxy) is 2. The van der Waals surface area contributed by atoms with Crippen LogP contribution >= 0.6 is 0 Å². The summed E-state index contributed by atoms with van der Waals surface area (Å²) in [4.78, 5) is 26.2. The van der Waals surface area contributed by atoms with E-state index in [0.29, 0.717) is 26.3 Å². The smallest absolute Gasteiger partial charge is 0.246 e. The summed E-state index contributed by atoms with van der Waals surface area (Å²) in [6.07, 6.45) is 3.27. The Morgan fingerprint density at radius 2 is 1.84 bits per heavy atom. The van der Waals surface area contributed by atoms with Gasteiger partial charge in [-0.25, -0.2) is 0 Å². The molecule has 0 saturated heterocycles. The zero-order chi connectivity index (χ0) is 18.9. The van der Waals surface area contributed by atoms with E-state index in [2.05, 4.69) is 19.2 Å². The molecule has 1 aliphatic carbocycles. The molecular weight excluding hydrogens is 322 g/mol. The van der Waals surface area contributed by atoms with Crippen molar-refractivity contribution in [3.05, 3.63) is 0 Å². The van der Waals surface area contributed by atoms with E-state index in [9.17, 15) is 9.59 Å². The molecule has 0 aromatic heterocycles. The maximum atomic E-state index is 12.6. The van der Waals surface area contributed by atoms with Gasteiger partial charge in [0.15, 0.2) is 0 Å². The van der Waals surface area contributed by atoms with Crippen LogP contribution < -0.4 is 11.1 Å². The summed E-state index contributed by atoms with van der Waals surface area (Å²) < 4.78 is 10.1. The molecule has 1 aliphatic rings. The van der Waals surface area contributed by atoms with Crippen LogP contribution in [-0.2, 0) is 19.1 Å². The van der Waals surface area contributed by atoms with Gasteiger partial charge in [-0.2, -0.15) is 0 Å². The SMILES string of the molecule is COCCOCC(=O)NC1CCC(C(=O)N(C)CC(C)(C)CN)CC1. The Morgan fingerprint density at radius 3 is 2.40 bits per heavy atom. The van der Waals surface area contributed by atoms with Crippen molar-refractivity contribution < 1.29 is 19.1 Å². The molecule has 0 bridgehead atoms. The van der Waals surface area contributed by atoms with Crippen LogP contribution in [-0.4, -0.2) is 69.8 Å². The fourth-order valence-corrected chi connectivity index (χ4v) is 3.16. The first-order valence-corrected chi connectivity index (χ1v) is 9.10. The zero-order valence-corrected chi connectivity index (χ0v) is 16.2. The predicted octanol–water partition coefficient (Wildman–Crippen LogP) is 0.768. The summed E-state index contributed by atoms with van der Waals surface area (Å²) in [6, 6.07) is 0.133. The Hall–Kier alpha value is -1.18. The van der Waals surface area contributed by atoms with Gasteiger partial charge in [0, 0.05) is 32.7 Å². The fourth-order valence-electron chi connectivity index (χ4n) is 3.16. The van der Waals surface area contributed by atoms with E-state index >= 15 is 0 Å². The lowest BCUT2D eigenvalue weighted by atomic mass is 9.84. The molecular formula is C18H35N3O4. The highest BCUT2D eigenvalue weighted by Crippen LogP contribution is 2.27. The fraction of sp³-hybridized carbons (Fsp3) is 0.889. The molecule has 1 saturated carbocycles. The standard InChI is InChI=1S/C18H35N3O4/c1-18(2,12-19)13-21(3)17(23)14-5-7-15(8-6-14)20-16(22)11-25-10-9-24-4/h14-15H,5-13,19H2,1-4H3,(H,20,22). The van der Waals surface area contributed by atoms with Gasteiger partial charge in [0.25, 0.3) is 0 Å². The van der Waals surface area contributed by atoms with Crippen molar-refractivity contribution in [3.63, 3.8) is 0 Å². The van der Waals surface area contributed by atoms with E-state index in [1.807, 2.05) is 7.05 Å². The van der Waals surface area contributed by atoms with Crippen molar-refractivity contribution >= 4 is 11.8 Å². The van der Waals surface area contributed by atoms with Crippen molar-refractivity contribution in [2.24, 2.45) is 17.1 Å². The molecule has 0 unspecified atom stereocenters. The van der Waals surface area contributed by atoms with E-state index in [-0.39, 0.29) is 35.8 Å². The average molecular weight is 357 g/mol. The summed E-state index contributed by atoms with van der Waals surface area (Å²) in [6.45, 7) is 6.30. The second kappa shape index (κ2) is 10.7. The number of carbonyl (C=O) groups excluding carboxylic acids is 2. The second-order valence-electron chi connectivity index (χ2n) is 7.72. The molecule has 2 amide bonds. The van der Waals surface area contributed by atoms with Crippen molar-refractivity contribution in [2.45, 2.75) is 45.6 Å². The number of methoxy groups -OCH3 is 1. The van der Waals surface area contributed by atoms with Crippen LogP contribution in [0.2, 0.25) is 0 Å². The van der Waals surface area contributed by atoms with E-state index in [1.165, 1.54) is 0 Å². The maximum Gasteiger partial charge on any atom is 0.246 e. The third-order valence-corrected chi connectivity index (χ3v) is 4.70. The summed E-state index contributed by atoms with van der Waals surface area (Å²) in [5.41, 5.74) is 5.68.